The lowest BCUT2D eigenvalue weighted by molar-refractivity contribution is 0.0880. The van der Waals surface area contributed by atoms with Crippen LogP contribution in [0.25, 0.3) is 0 Å². The summed E-state index contributed by atoms with van der Waals surface area (Å²) in [6.07, 6.45) is 8.80. The van der Waals surface area contributed by atoms with Crippen molar-refractivity contribution in [3.8, 4) is 0 Å². The maximum atomic E-state index is 5.89. The van der Waals surface area contributed by atoms with E-state index in [1.165, 1.54) is 51.6 Å². The van der Waals surface area contributed by atoms with Gasteiger partial charge in [0, 0.05) is 11.9 Å². The van der Waals surface area contributed by atoms with E-state index in [0.29, 0.717) is 6.04 Å². The minimum Gasteiger partial charge on any atom is -0.299 e. The molecule has 1 saturated carbocycles. The van der Waals surface area contributed by atoms with E-state index < -0.39 is 0 Å². The SMILES string of the molecule is CC(CCl)N1CCC2(CCCC2)CC1. The molecular formula is C12H22ClN. The standard InChI is InChI=1S/C12H22ClN/c1-11(10-13)14-8-6-12(7-9-14)4-2-3-5-12/h11H,2-10H2,1H3. The highest BCUT2D eigenvalue weighted by Gasteiger charge is 2.37. The first-order valence-electron chi connectivity index (χ1n) is 6.06. The number of piperidine rings is 1. The van der Waals surface area contributed by atoms with Gasteiger partial charge < -0.3 is 0 Å². The third-order valence-electron chi connectivity index (χ3n) is 4.37. The van der Waals surface area contributed by atoms with Crippen molar-refractivity contribution in [1.82, 2.24) is 4.90 Å². The summed E-state index contributed by atoms with van der Waals surface area (Å²) in [6, 6.07) is 0.579. The summed E-state index contributed by atoms with van der Waals surface area (Å²) < 4.78 is 0. The Morgan fingerprint density at radius 1 is 1.14 bits per heavy atom. The highest BCUT2D eigenvalue weighted by atomic mass is 35.5. The molecule has 0 amide bonds. The quantitative estimate of drug-likeness (QED) is 0.640. The molecule has 1 saturated heterocycles. The van der Waals surface area contributed by atoms with Crippen molar-refractivity contribution in [1.29, 1.82) is 0 Å². The molecule has 2 aliphatic rings. The van der Waals surface area contributed by atoms with Gasteiger partial charge in [-0.25, -0.2) is 0 Å². The number of hydrogen-bond acceptors (Lipinski definition) is 1. The number of rotatable bonds is 2. The summed E-state index contributed by atoms with van der Waals surface area (Å²) in [6.45, 7) is 4.82. The molecular weight excluding hydrogens is 194 g/mol. The van der Waals surface area contributed by atoms with Crippen LogP contribution in [-0.2, 0) is 0 Å². The van der Waals surface area contributed by atoms with E-state index in [4.69, 9.17) is 11.6 Å². The maximum absolute atomic E-state index is 5.89. The van der Waals surface area contributed by atoms with Gasteiger partial charge in [0.15, 0.2) is 0 Å². The number of nitrogens with zero attached hydrogens (tertiary/aromatic N) is 1. The van der Waals surface area contributed by atoms with Crippen LogP contribution in [-0.4, -0.2) is 29.9 Å². The van der Waals surface area contributed by atoms with Crippen LogP contribution in [0.3, 0.4) is 0 Å². The third kappa shape index (κ3) is 2.09. The first kappa shape index (κ1) is 10.8. The van der Waals surface area contributed by atoms with Gasteiger partial charge in [-0.15, -0.1) is 11.6 Å². The monoisotopic (exact) mass is 215 g/mol. The van der Waals surface area contributed by atoms with Gasteiger partial charge in [0.1, 0.15) is 0 Å². The Labute approximate surface area is 92.8 Å². The lowest BCUT2D eigenvalue weighted by atomic mass is 9.77. The molecule has 1 aliphatic heterocycles. The van der Waals surface area contributed by atoms with Gasteiger partial charge in [0.2, 0.25) is 0 Å². The van der Waals surface area contributed by atoms with Gasteiger partial charge in [0.25, 0.3) is 0 Å². The topological polar surface area (TPSA) is 3.24 Å². The fourth-order valence-corrected chi connectivity index (χ4v) is 3.36. The summed E-state index contributed by atoms with van der Waals surface area (Å²) in [5, 5.41) is 0. The van der Waals surface area contributed by atoms with Crippen LogP contribution in [0.15, 0.2) is 0 Å². The van der Waals surface area contributed by atoms with Crippen LogP contribution >= 0.6 is 11.6 Å². The lowest BCUT2D eigenvalue weighted by Crippen LogP contribution is -2.44. The first-order chi connectivity index (χ1) is 6.76. The molecule has 82 valence electrons. The Hall–Kier alpha value is 0.250. The van der Waals surface area contributed by atoms with Crippen LogP contribution < -0.4 is 0 Å². The fraction of sp³-hybridized carbons (Fsp3) is 1.00. The number of alkyl halides is 1. The Kier molecular flexibility index (Phi) is 3.38. The van der Waals surface area contributed by atoms with Gasteiger partial charge in [-0.3, -0.25) is 4.90 Å². The zero-order chi connectivity index (χ0) is 10.0. The Morgan fingerprint density at radius 2 is 1.71 bits per heavy atom. The van der Waals surface area contributed by atoms with Crippen molar-refractivity contribution in [2.45, 2.75) is 51.5 Å². The lowest BCUT2D eigenvalue weighted by Gasteiger charge is -2.41. The Bertz CT molecular complexity index is 177. The normalized spacial score (nSPS) is 29.6. The molecule has 1 nitrogen and oxygen atoms in total. The van der Waals surface area contributed by atoms with E-state index in [0.717, 1.165) is 11.3 Å². The molecule has 2 heteroatoms. The minimum absolute atomic E-state index is 0.579. The molecule has 14 heavy (non-hydrogen) atoms. The Balaban J connectivity index is 1.85. The molecule has 2 rings (SSSR count). The van der Waals surface area contributed by atoms with E-state index in [1.54, 1.807) is 0 Å². The average molecular weight is 216 g/mol. The van der Waals surface area contributed by atoms with Crippen molar-refractivity contribution in [2.75, 3.05) is 19.0 Å². The highest BCUT2D eigenvalue weighted by molar-refractivity contribution is 6.18. The molecule has 1 atom stereocenters. The summed E-state index contributed by atoms with van der Waals surface area (Å²) >= 11 is 5.89. The maximum Gasteiger partial charge on any atom is 0.0376 e. The molecule has 0 aromatic carbocycles. The molecule has 0 N–H and O–H groups in total. The summed E-state index contributed by atoms with van der Waals surface area (Å²) in [5.74, 6) is 0.785. The Morgan fingerprint density at radius 3 is 2.21 bits per heavy atom. The van der Waals surface area contributed by atoms with Crippen molar-refractivity contribution in [2.24, 2.45) is 5.41 Å². The van der Waals surface area contributed by atoms with Gasteiger partial charge in [-0.2, -0.15) is 0 Å². The number of likely N-dealkylation sites (tertiary alicyclic amines) is 1. The van der Waals surface area contributed by atoms with Crippen molar-refractivity contribution in [3.63, 3.8) is 0 Å². The highest BCUT2D eigenvalue weighted by Crippen LogP contribution is 2.46. The zero-order valence-electron chi connectivity index (χ0n) is 9.27. The predicted octanol–water partition coefficient (Wildman–Crippen LogP) is 3.27. The third-order valence-corrected chi connectivity index (χ3v) is 4.82. The molecule has 2 fully saturated rings. The zero-order valence-corrected chi connectivity index (χ0v) is 10.0. The van der Waals surface area contributed by atoms with Gasteiger partial charge in [0.05, 0.1) is 0 Å². The molecule has 1 unspecified atom stereocenters. The van der Waals surface area contributed by atoms with Crippen molar-refractivity contribution < 1.29 is 0 Å². The van der Waals surface area contributed by atoms with E-state index in [1.807, 2.05) is 0 Å². The van der Waals surface area contributed by atoms with Crippen molar-refractivity contribution in [3.05, 3.63) is 0 Å². The fourth-order valence-electron chi connectivity index (χ4n) is 3.16. The second kappa shape index (κ2) is 4.40. The van der Waals surface area contributed by atoms with E-state index in [2.05, 4.69) is 11.8 Å². The molecule has 0 bridgehead atoms. The smallest absolute Gasteiger partial charge is 0.0376 e. The van der Waals surface area contributed by atoms with Gasteiger partial charge in [-0.05, 0) is 51.1 Å². The second-order valence-corrected chi connectivity index (χ2v) is 5.56. The van der Waals surface area contributed by atoms with E-state index in [9.17, 15) is 0 Å². The van der Waals surface area contributed by atoms with Crippen LogP contribution in [0.1, 0.15) is 45.4 Å². The summed E-state index contributed by atoms with van der Waals surface area (Å²) in [7, 11) is 0. The largest absolute Gasteiger partial charge is 0.299 e. The molecule has 1 heterocycles. The molecule has 1 aliphatic carbocycles. The van der Waals surface area contributed by atoms with Gasteiger partial charge in [-0.1, -0.05) is 12.8 Å². The summed E-state index contributed by atoms with van der Waals surface area (Å²) in [5.41, 5.74) is 0.753. The molecule has 0 radical (unpaired) electrons. The van der Waals surface area contributed by atoms with Crippen molar-refractivity contribution >= 4 is 11.6 Å². The molecule has 0 aromatic rings. The molecule has 1 spiro atoms. The first-order valence-corrected chi connectivity index (χ1v) is 6.59. The average Bonchev–Trinajstić information content (AvgIpc) is 2.67. The minimum atomic E-state index is 0.579. The van der Waals surface area contributed by atoms with E-state index in [-0.39, 0.29) is 0 Å². The predicted molar refractivity (Wildman–Crippen MR) is 61.9 cm³/mol. The number of hydrogen-bond donors (Lipinski definition) is 0. The van der Waals surface area contributed by atoms with Crippen LogP contribution in [0.2, 0.25) is 0 Å². The van der Waals surface area contributed by atoms with Crippen LogP contribution in [0.5, 0.6) is 0 Å². The van der Waals surface area contributed by atoms with Crippen LogP contribution in [0, 0.1) is 5.41 Å². The molecule has 0 aromatic heterocycles. The number of halogens is 1. The van der Waals surface area contributed by atoms with E-state index >= 15 is 0 Å². The van der Waals surface area contributed by atoms with Crippen LogP contribution in [0.4, 0.5) is 0 Å². The second-order valence-electron chi connectivity index (χ2n) is 5.25. The van der Waals surface area contributed by atoms with Gasteiger partial charge >= 0.3 is 0 Å². The summed E-state index contributed by atoms with van der Waals surface area (Å²) in [4.78, 5) is 2.57.